The average Bonchev–Trinajstić information content (AvgIpc) is 2.43. The molecule has 0 amide bonds. The van der Waals surface area contributed by atoms with Crippen molar-refractivity contribution in [1.82, 2.24) is 0 Å². The van der Waals surface area contributed by atoms with Gasteiger partial charge in [-0.05, 0) is 48.1 Å². The minimum atomic E-state index is 0.395. The summed E-state index contributed by atoms with van der Waals surface area (Å²) in [6.45, 7) is 7.99. The fourth-order valence-corrected chi connectivity index (χ4v) is 2.45. The summed E-state index contributed by atoms with van der Waals surface area (Å²) < 4.78 is 10.9. The fourth-order valence-electron chi connectivity index (χ4n) is 2.45. The Bertz CT molecular complexity index is 480. The molecule has 20 heavy (non-hydrogen) atoms. The first-order valence-corrected chi connectivity index (χ1v) is 7.40. The molecule has 2 rings (SSSR count). The highest BCUT2D eigenvalue weighted by atomic mass is 16.5. The molecule has 110 valence electrons. The van der Waals surface area contributed by atoms with E-state index in [9.17, 15) is 0 Å². The summed E-state index contributed by atoms with van der Waals surface area (Å²) in [4.78, 5) is 4.65. The van der Waals surface area contributed by atoms with Gasteiger partial charge in [-0.1, -0.05) is 13.8 Å². The summed E-state index contributed by atoms with van der Waals surface area (Å²) in [5.74, 6) is 1.57. The molecule has 0 bridgehead atoms. The number of hydrogen-bond acceptors (Lipinski definition) is 3. The highest BCUT2D eigenvalue weighted by molar-refractivity contribution is 5.84. The van der Waals surface area contributed by atoms with Crippen LogP contribution in [-0.2, 0) is 11.2 Å². The Morgan fingerprint density at radius 3 is 2.80 bits per heavy atom. The Kier molecular flexibility index (Phi) is 5.18. The molecule has 1 aliphatic rings. The molecule has 0 saturated carbocycles. The van der Waals surface area contributed by atoms with Gasteiger partial charge in [0.2, 0.25) is 0 Å². The Morgan fingerprint density at radius 2 is 2.10 bits per heavy atom. The van der Waals surface area contributed by atoms with Gasteiger partial charge in [0.15, 0.2) is 0 Å². The van der Waals surface area contributed by atoms with E-state index < -0.39 is 0 Å². The monoisotopic (exact) mass is 275 g/mol. The molecule has 0 N–H and O–H groups in total. The lowest BCUT2D eigenvalue weighted by atomic mass is 9.91. The number of aliphatic imine (C=N–C) groups is 1. The molecule has 1 aromatic rings. The second-order valence-electron chi connectivity index (χ2n) is 5.80. The van der Waals surface area contributed by atoms with E-state index in [2.05, 4.69) is 37.9 Å². The summed E-state index contributed by atoms with van der Waals surface area (Å²) in [7, 11) is 1.72. The van der Waals surface area contributed by atoms with Gasteiger partial charge in [0.25, 0.3) is 0 Å². The molecule has 3 nitrogen and oxygen atoms in total. The number of ether oxygens (including phenoxy) is 2. The predicted molar refractivity (Wildman–Crippen MR) is 83.1 cm³/mol. The first-order chi connectivity index (χ1) is 9.61. The Labute approximate surface area is 122 Å². The number of aryl methyl sites for hydroxylation is 1. The molecular formula is C17H25NO2. The van der Waals surface area contributed by atoms with Gasteiger partial charge in [-0.2, -0.15) is 0 Å². The Morgan fingerprint density at radius 1 is 1.30 bits per heavy atom. The molecule has 1 atom stereocenters. The number of fused-ring (bicyclic) bond motifs is 1. The minimum Gasteiger partial charge on any atom is -0.493 e. The van der Waals surface area contributed by atoms with Gasteiger partial charge in [0.1, 0.15) is 5.75 Å². The molecular weight excluding hydrogens is 250 g/mol. The van der Waals surface area contributed by atoms with E-state index in [1.807, 2.05) is 6.21 Å². The number of rotatable bonds is 6. The molecule has 0 aromatic heterocycles. The van der Waals surface area contributed by atoms with E-state index in [0.29, 0.717) is 18.6 Å². The molecule has 1 unspecified atom stereocenters. The van der Waals surface area contributed by atoms with Crippen molar-refractivity contribution in [2.75, 3.05) is 20.3 Å². The van der Waals surface area contributed by atoms with Gasteiger partial charge in [-0.3, -0.25) is 4.99 Å². The van der Waals surface area contributed by atoms with Gasteiger partial charge in [-0.15, -0.1) is 0 Å². The lowest BCUT2D eigenvalue weighted by Gasteiger charge is -2.23. The van der Waals surface area contributed by atoms with Crippen LogP contribution in [0.5, 0.6) is 5.75 Å². The Hall–Kier alpha value is -1.35. The molecule has 0 aliphatic carbocycles. The van der Waals surface area contributed by atoms with E-state index >= 15 is 0 Å². The first-order valence-electron chi connectivity index (χ1n) is 7.40. The summed E-state index contributed by atoms with van der Waals surface area (Å²) in [6.07, 6.45) is 3.95. The quantitative estimate of drug-likeness (QED) is 0.745. The second-order valence-corrected chi connectivity index (χ2v) is 5.80. The van der Waals surface area contributed by atoms with E-state index in [-0.39, 0.29) is 0 Å². The summed E-state index contributed by atoms with van der Waals surface area (Å²) >= 11 is 0. The van der Waals surface area contributed by atoms with Crippen molar-refractivity contribution in [3.63, 3.8) is 0 Å². The lowest BCUT2D eigenvalue weighted by Crippen LogP contribution is -2.21. The zero-order chi connectivity index (χ0) is 14.5. The van der Waals surface area contributed by atoms with Crippen molar-refractivity contribution in [2.45, 2.75) is 39.7 Å². The SMILES string of the molecule is COCCCOc1cc2c(cc1C)C=NC(C(C)C)C2. The molecule has 0 saturated heterocycles. The molecule has 0 radical (unpaired) electrons. The largest absolute Gasteiger partial charge is 0.493 e. The highest BCUT2D eigenvalue weighted by Crippen LogP contribution is 2.28. The topological polar surface area (TPSA) is 30.8 Å². The van der Waals surface area contributed by atoms with Gasteiger partial charge in [-0.25, -0.2) is 0 Å². The third kappa shape index (κ3) is 3.60. The second kappa shape index (κ2) is 6.89. The van der Waals surface area contributed by atoms with Crippen molar-refractivity contribution in [1.29, 1.82) is 0 Å². The third-order valence-electron chi connectivity index (χ3n) is 3.79. The van der Waals surface area contributed by atoms with Crippen LogP contribution < -0.4 is 4.74 Å². The third-order valence-corrected chi connectivity index (χ3v) is 3.79. The maximum absolute atomic E-state index is 5.88. The van der Waals surface area contributed by atoms with Gasteiger partial charge >= 0.3 is 0 Å². The summed E-state index contributed by atoms with van der Waals surface area (Å²) in [5, 5.41) is 0. The summed E-state index contributed by atoms with van der Waals surface area (Å²) in [6, 6.07) is 4.77. The maximum atomic E-state index is 5.88. The van der Waals surface area contributed by atoms with Gasteiger partial charge < -0.3 is 9.47 Å². The molecule has 0 fully saturated rings. The smallest absolute Gasteiger partial charge is 0.122 e. The molecule has 1 aliphatic heterocycles. The van der Waals surface area contributed by atoms with Crippen LogP contribution in [0.2, 0.25) is 0 Å². The highest BCUT2D eigenvalue weighted by Gasteiger charge is 2.19. The van der Waals surface area contributed by atoms with E-state index in [4.69, 9.17) is 9.47 Å². The van der Waals surface area contributed by atoms with E-state index in [1.165, 1.54) is 16.7 Å². The number of benzene rings is 1. The molecule has 0 spiro atoms. The first kappa shape index (κ1) is 15.0. The average molecular weight is 275 g/mol. The van der Waals surface area contributed by atoms with Gasteiger partial charge in [0, 0.05) is 26.4 Å². The van der Waals surface area contributed by atoms with Crippen LogP contribution in [0.3, 0.4) is 0 Å². The minimum absolute atomic E-state index is 0.395. The Balaban J connectivity index is 2.09. The predicted octanol–water partition coefficient (Wildman–Crippen LogP) is 3.41. The van der Waals surface area contributed by atoms with Crippen molar-refractivity contribution >= 4 is 6.21 Å². The van der Waals surface area contributed by atoms with E-state index in [0.717, 1.165) is 25.2 Å². The van der Waals surface area contributed by atoms with Crippen molar-refractivity contribution in [3.05, 3.63) is 28.8 Å². The maximum Gasteiger partial charge on any atom is 0.122 e. The van der Waals surface area contributed by atoms with Crippen LogP contribution >= 0.6 is 0 Å². The lowest BCUT2D eigenvalue weighted by molar-refractivity contribution is 0.172. The van der Waals surface area contributed by atoms with Crippen molar-refractivity contribution in [3.8, 4) is 5.75 Å². The van der Waals surface area contributed by atoms with Crippen LogP contribution in [0.4, 0.5) is 0 Å². The van der Waals surface area contributed by atoms with Crippen LogP contribution in [0, 0.1) is 12.8 Å². The molecule has 3 heteroatoms. The van der Waals surface area contributed by atoms with Crippen LogP contribution in [0.15, 0.2) is 17.1 Å². The standard InChI is InChI=1S/C17H25NO2/c1-12(2)16-9-14-10-17(20-7-5-6-19-4)13(3)8-15(14)11-18-16/h8,10-12,16H,5-7,9H2,1-4H3. The zero-order valence-electron chi connectivity index (χ0n) is 13.0. The zero-order valence-corrected chi connectivity index (χ0v) is 13.0. The molecule has 1 aromatic carbocycles. The van der Waals surface area contributed by atoms with Crippen LogP contribution in [0.25, 0.3) is 0 Å². The van der Waals surface area contributed by atoms with E-state index in [1.54, 1.807) is 7.11 Å². The van der Waals surface area contributed by atoms with Crippen molar-refractivity contribution in [2.24, 2.45) is 10.9 Å². The normalized spacial score (nSPS) is 17.4. The summed E-state index contributed by atoms with van der Waals surface area (Å²) in [5.41, 5.74) is 3.77. The van der Waals surface area contributed by atoms with Crippen LogP contribution in [0.1, 0.15) is 37.0 Å². The van der Waals surface area contributed by atoms with Gasteiger partial charge in [0.05, 0.1) is 12.6 Å². The number of nitrogens with zero attached hydrogens (tertiary/aromatic N) is 1. The number of hydrogen-bond donors (Lipinski definition) is 0. The van der Waals surface area contributed by atoms with Crippen LogP contribution in [-0.4, -0.2) is 32.6 Å². The molecule has 1 heterocycles. The fraction of sp³-hybridized carbons (Fsp3) is 0.588. The van der Waals surface area contributed by atoms with Crippen molar-refractivity contribution < 1.29 is 9.47 Å². The number of methoxy groups -OCH3 is 1.